The Morgan fingerprint density at radius 2 is 1.84 bits per heavy atom. The van der Waals surface area contributed by atoms with E-state index in [1.165, 1.54) is 24.3 Å². The number of hydrogen-bond donors (Lipinski definition) is 6. The molecule has 11 heteroatoms. The van der Waals surface area contributed by atoms with Crippen LogP contribution in [-0.2, 0) is 17.8 Å². The molecule has 1 aliphatic rings. The molecule has 0 saturated heterocycles. The molecule has 8 N–H and O–H groups in total. The maximum Gasteiger partial charge on any atom is 0.335 e. The summed E-state index contributed by atoms with van der Waals surface area (Å²) in [5.74, 6) is -1.63. The predicted octanol–water partition coefficient (Wildman–Crippen LogP) is 2.92. The number of nitrogens with one attached hydrogen (secondary N) is 2. The second-order valence-corrected chi connectivity index (χ2v) is 9.32. The Balaban J connectivity index is 1.69. The van der Waals surface area contributed by atoms with E-state index in [0.717, 1.165) is 29.6 Å². The number of nitrogen functional groups attached to an aromatic ring is 2. The topological polar surface area (TPSA) is 180 Å². The van der Waals surface area contributed by atoms with Crippen molar-refractivity contribution in [3.8, 4) is 11.1 Å². The smallest absolute Gasteiger partial charge is 0.335 e. The number of carbonyl (C=O) groups is 2. The maximum absolute atomic E-state index is 13.0. The van der Waals surface area contributed by atoms with Crippen molar-refractivity contribution in [3.05, 3.63) is 81.4 Å². The van der Waals surface area contributed by atoms with Crippen LogP contribution in [0.3, 0.4) is 0 Å². The zero-order valence-electron chi connectivity index (χ0n) is 19.9. The molecule has 0 unspecified atom stereocenters. The summed E-state index contributed by atoms with van der Waals surface area (Å²) >= 11 is 6.63. The molecule has 1 fully saturated rings. The number of anilines is 1. The van der Waals surface area contributed by atoms with E-state index < -0.39 is 11.9 Å². The Labute approximate surface area is 217 Å². The van der Waals surface area contributed by atoms with Gasteiger partial charge in [-0.2, -0.15) is 4.73 Å². The Kier molecular flexibility index (Phi) is 7.49. The van der Waals surface area contributed by atoms with Crippen LogP contribution >= 0.6 is 11.6 Å². The average molecular weight is 523 g/mol. The number of benzene rings is 2. The number of carboxylic acid groups (broad SMARTS) is 1. The number of aromatic nitrogens is 1. The monoisotopic (exact) mass is 522 g/mol. The van der Waals surface area contributed by atoms with Gasteiger partial charge in [0.1, 0.15) is 5.84 Å². The number of nitrogens with two attached hydrogens (primary N) is 2. The van der Waals surface area contributed by atoms with Gasteiger partial charge < -0.3 is 27.1 Å². The first-order valence-electron chi connectivity index (χ1n) is 11.6. The minimum Gasteiger partial charge on any atom is -0.478 e. The van der Waals surface area contributed by atoms with Crippen molar-refractivity contribution in [1.82, 2.24) is 10.0 Å². The zero-order chi connectivity index (χ0) is 26.7. The number of pyridine rings is 1. The van der Waals surface area contributed by atoms with Crippen molar-refractivity contribution < 1.29 is 19.9 Å². The first-order valence-corrected chi connectivity index (χ1v) is 12.0. The molecule has 0 atom stereocenters. The first-order chi connectivity index (χ1) is 17.6. The Hall–Kier alpha value is -4.31. The van der Waals surface area contributed by atoms with Crippen LogP contribution in [0.25, 0.3) is 11.1 Å². The summed E-state index contributed by atoms with van der Waals surface area (Å²) in [6.45, 7) is 0.207. The van der Waals surface area contributed by atoms with Gasteiger partial charge in [0.05, 0.1) is 28.7 Å². The SMILES string of the molecule is N=C(N)c1ccc(CNC(=O)Cc2c(-c3cc(N)cc(C(=O)O)c3)c(Cl)cc(=NC3CCC3)n2O)cc1. The lowest BCUT2D eigenvalue weighted by Crippen LogP contribution is -2.31. The van der Waals surface area contributed by atoms with Gasteiger partial charge in [0.15, 0.2) is 5.49 Å². The van der Waals surface area contributed by atoms with E-state index in [2.05, 4.69) is 10.3 Å². The number of halogens is 1. The van der Waals surface area contributed by atoms with E-state index >= 15 is 0 Å². The third-order valence-electron chi connectivity index (χ3n) is 6.22. The lowest BCUT2D eigenvalue weighted by atomic mass is 9.94. The summed E-state index contributed by atoms with van der Waals surface area (Å²) in [6.07, 6.45) is 2.58. The van der Waals surface area contributed by atoms with Crippen molar-refractivity contribution in [2.24, 2.45) is 10.7 Å². The number of aromatic carboxylic acids is 1. The lowest BCUT2D eigenvalue weighted by molar-refractivity contribution is -0.120. The highest BCUT2D eigenvalue weighted by Crippen LogP contribution is 2.33. The number of amides is 1. The maximum atomic E-state index is 13.0. The van der Waals surface area contributed by atoms with E-state index in [-0.39, 0.29) is 57.9 Å². The molecule has 3 aromatic rings. The molecular formula is C26H27ClN6O4. The standard InChI is InChI=1S/C26H27ClN6O4/c27-20-11-22(32-19-2-1-3-19)33(37)21(24(20)16-8-17(26(35)36)10-18(28)9-16)12-23(34)31-13-14-4-6-15(7-5-14)25(29)30/h4-11,19,37H,1-3,12-13,28H2,(H3,29,30)(H,31,34)(H,35,36). The molecule has 0 aliphatic heterocycles. The van der Waals surface area contributed by atoms with E-state index in [0.29, 0.717) is 11.1 Å². The highest BCUT2D eigenvalue weighted by molar-refractivity contribution is 6.33. The van der Waals surface area contributed by atoms with E-state index in [1.54, 1.807) is 24.3 Å². The molecule has 2 aromatic carbocycles. The Morgan fingerprint density at radius 1 is 1.14 bits per heavy atom. The molecule has 1 saturated carbocycles. The van der Waals surface area contributed by atoms with Gasteiger partial charge in [0, 0.05) is 29.4 Å². The summed E-state index contributed by atoms with van der Waals surface area (Å²) in [5.41, 5.74) is 13.9. The molecule has 4 rings (SSSR count). The number of nitrogens with zero attached hydrogens (tertiary/aromatic N) is 2. The summed E-state index contributed by atoms with van der Waals surface area (Å²) in [6, 6.07) is 12.7. The van der Waals surface area contributed by atoms with Crippen LogP contribution in [0.2, 0.25) is 5.02 Å². The molecule has 192 valence electrons. The fourth-order valence-corrected chi connectivity index (χ4v) is 4.34. The fourth-order valence-electron chi connectivity index (χ4n) is 4.03. The van der Waals surface area contributed by atoms with Crippen LogP contribution < -0.4 is 22.3 Å². The molecular weight excluding hydrogens is 496 g/mol. The second kappa shape index (κ2) is 10.8. The Morgan fingerprint density at radius 3 is 2.43 bits per heavy atom. The minimum absolute atomic E-state index is 0.0488. The van der Waals surface area contributed by atoms with Crippen LogP contribution in [0.15, 0.2) is 53.5 Å². The Bertz CT molecular complexity index is 1440. The van der Waals surface area contributed by atoms with E-state index in [9.17, 15) is 19.9 Å². The third-order valence-corrected chi connectivity index (χ3v) is 6.52. The highest BCUT2D eigenvalue weighted by Gasteiger charge is 2.22. The summed E-state index contributed by atoms with van der Waals surface area (Å²) in [7, 11) is 0. The van der Waals surface area contributed by atoms with E-state index in [1.807, 2.05) is 0 Å². The predicted molar refractivity (Wildman–Crippen MR) is 140 cm³/mol. The fraction of sp³-hybridized carbons (Fsp3) is 0.231. The molecule has 1 aromatic heterocycles. The number of rotatable bonds is 8. The van der Waals surface area contributed by atoms with Crippen molar-refractivity contribution in [3.63, 3.8) is 0 Å². The first kappa shape index (κ1) is 25.8. The number of hydrogen-bond acceptors (Lipinski definition) is 6. The van der Waals surface area contributed by atoms with Crippen molar-refractivity contribution >= 4 is 35.0 Å². The molecule has 10 nitrogen and oxygen atoms in total. The van der Waals surface area contributed by atoms with Crippen LogP contribution in [-0.4, -0.2) is 38.8 Å². The second-order valence-electron chi connectivity index (χ2n) is 8.91. The lowest BCUT2D eigenvalue weighted by Gasteiger charge is -2.22. The largest absolute Gasteiger partial charge is 0.478 e. The summed E-state index contributed by atoms with van der Waals surface area (Å²) in [5, 5.41) is 31.1. The van der Waals surface area contributed by atoms with Gasteiger partial charge in [-0.25, -0.2) is 4.79 Å². The molecule has 0 bridgehead atoms. The summed E-state index contributed by atoms with van der Waals surface area (Å²) in [4.78, 5) is 29.1. The van der Waals surface area contributed by atoms with Crippen LogP contribution in [0, 0.1) is 5.41 Å². The van der Waals surface area contributed by atoms with Crippen molar-refractivity contribution in [2.45, 2.75) is 38.3 Å². The van der Waals surface area contributed by atoms with Crippen LogP contribution in [0.1, 0.15) is 46.4 Å². The quantitative estimate of drug-likeness (QED) is 0.114. The molecule has 1 heterocycles. The number of carbonyl (C=O) groups excluding carboxylic acids is 1. The van der Waals surface area contributed by atoms with E-state index in [4.69, 9.17) is 28.5 Å². The number of amidine groups is 1. The van der Waals surface area contributed by atoms with Crippen LogP contribution in [0.5, 0.6) is 0 Å². The molecule has 0 radical (unpaired) electrons. The van der Waals surface area contributed by atoms with Gasteiger partial charge in [0.25, 0.3) is 0 Å². The highest BCUT2D eigenvalue weighted by atomic mass is 35.5. The zero-order valence-corrected chi connectivity index (χ0v) is 20.6. The molecule has 37 heavy (non-hydrogen) atoms. The molecule has 1 aliphatic carbocycles. The van der Waals surface area contributed by atoms with Crippen molar-refractivity contribution in [1.29, 1.82) is 5.41 Å². The van der Waals surface area contributed by atoms with Gasteiger partial charge in [-0.05, 0) is 48.6 Å². The van der Waals surface area contributed by atoms with Crippen molar-refractivity contribution in [2.75, 3.05) is 5.73 Å². The average Bonchev–Trinajstić information content (AvgIpc) is 2.82. The number of carboxylic acids is 1. The molecule has 0 spiro atoms. The normalized spacial score (nSPS) is 13.7. The van der Waals surface area contributed by atoms with Gasteiger partial charge >= 0.3 is 5.97 Å². The van der Waals surface area contributed by atoms with Crippen LogP contribution in [0.4, 0.5) is 5.69 Å². The summed E-state index contributed by atoms with van der Waals surface area (Å²) < 4.78 is 0.838. The van der Waals surface area contributed by atoms with Gasteiger partial charge in [0.2, 0.25) is 5.91 Å². The minimum atomic E-state index is -1.17. The third kappa shape index (κ3) is 5.92. The van der Waals surface area contributed by atoms with Gasteiger partial charge in [-0.15, -0.1) is 0 Å². The molecule has 1 amide bonds. The van der Waals surface area contributed by atoms with Gasteiger partial charge in [-0.1, -0.05) is 35.9 Å². The van der Waals surface area contributed by atoms with Gasteiger partial charge in [-0.3, -0.25) is 15.2 Å².